The monoisotopic (exact) mass is 269 g/mol. The van der Waals surface area contributed by atoms with E-state index in [2.05, 4.69) is 10.3 Å². The third kappa shape index (κ3) is 3.10. The van der Waals surface area contributed by atoms with Gasteiger partial charge in [-0.25, -0.2) is 4.98 Å². The minimum Gasteiger partial charge on any atom is -0.352 e. The highest BCUT2D eigenvalue weighted by Gasteiger charge is 2.29. The quantitative estimate of drug-likeness (QED) is 0.838. The zero-order valence-corrected chi connectivity index (χ0v) is 11.2. The number of hydrogen-bond donors (Lipinski definition) is 1. The molecule has 1 amide bonds. The Morgan fingerprint density at radius 2 is 2.28 bits per heavy atom. The minimum absolute atomic E-state index is 0.00696. The van der Waals surface area contributed by atoms with Gasteiger partial charge >= 0.3 is 0 Å². The van der Waals surface area contributed by atoms with E-state index < -0.39 is 0 Å². The first-order valence-corrected chi connectivity index (χ1v) is 6.42. The fourth-order valence-corrected chi connectivity index (χ4v) is 2.00. The van der Waals surface area contributed by atoms with Crippen LogP contribution in [0.5, 0.6) is 0 Å². The van der Waals surface area contributed by atoms with Crippen LogP contribution in [0.1, 0.15) is 38.4 Å². The lowest BCUT2D eigenvalue weighted by Gasteiger charge is -2.13. The third-order valence-corrected chi connectivity index (χ3v) is 2.89. The van der Waals surface area contributed by atoms with E-state index in [-0.39, 0.29) is 35.1 Å². The van der Waals surface area contributed by atoms with Crippen LogP contribution in [0.15, 0.2) is 10.9 Å². The molecule has 1 saturated carbocycles. The zero-order chi connectivity index (χ0) is 13.3. The molecule has 98 valence electrons. The molecular formula is C12H16ClN3O2. The molecule has 5 nitrogen and oxygen atoms in total. The molecule has 1 aliphatic carbocycles. The van der Waals surface area contributed by atoms with E-state index in [1.54, 1.807) is 0 Å². The van der Waals surface area contributed by atoms with E-state index in [1.807, 2.05) is 13.8 Å². The van der Waals surface area contributed by atoms with E-state index in [1.165, 1.54) is 10.6 Å². The van der Waals surface area contributed by atoms with Crippen molar-refractivity contribution in [2.75, 3.05) is 0 Å². The molecule has 1 N–H and O–H groups in total. The van der Waals surface area contributed by atoms with Gasteiger partial charge in [-0.15, -0.1) is 0 Å². The van der Waals surface area contributed by atoms with Gasteiger partial charge in [0.05, 0.1) is 0 Å². The smallest absolute Gasteiger partial charge is 0.255 e. The molecule has 0 aromatic carbocycles. The van der Waals surface area contributed by atoms with Crippen molar-refractivity contribution in [1.82, 2.24) is 14.9 Å². The Hall–Kier alpha value is -1.36. The van der Waals surface area contributed by atoms with E-state index in [0.29, 0.717) is 5.82 Å². The first-order valence-electron chi connectivity index (χ1n) is 6.04. The molecular weight excluding hydrogens is 254 g/mol. The molecule has 1 aromatic rings. The standard InChI is InChI=1S/C12H16ClN3O2/c1-7(2)14-10(17)6-16-11(18)5-9(13)15-12(16)8-3-4-8/h5,7-8H,3-4,6H2,1-2H3,(H,14,17). The van der Waals surface area contributed by atoms with Gasteiger partial charge in [0.15, 0.2) is 0 Å². The number of hydrogen-bond acceptors (Lipinski definition) is 3. The van der Waals surface area contributed by atoms with Crippen molar-refractivity contribution in [3.8, 4) is 0 Å². The lowest BCUT2D eigenvalue weighted by molar-refractivity contribution is -0.122. The van der Waals surface area contributed by atoms with Gasteiger partial charge in [0.2, 0.25) is 5.91 Å². The summed E-state index contributed by atoms with van der Waals surface area (Å²) in [6.45, 7) is 3.76. The molecule has 0 saturated heterocycles. The Morgan fingerprint density at radius 3 is 2.83 bits per heavy atom. The van der Waals surface area contributed by atoms with Crippen molar-refractivity contribution in [2.45, 2.75) is 45.2 Å². The lowest BCUT2D eigenvalue weighted by Crippen LogP contribution is -2.37. The van der Waals surface area contributed by atoms with E-state index in [0.717, 1.165) is 12.8 Å². The maximum Gasteiger partial charge on any atom is 0.255 e. The van der Waals surface area contributed by atoms with Crippen LogP contribution in [-0.4, -0.2) is 21.5 Å². The van der Waals surface area contributed by atoms with Gasteiger partial charge in [-0.05, 0) is 26.7 Å². The number of rotatable bonds is 4. The summed E-state index contributed by atoms with van der Waals surface area (Å²) in [4.78, 5) is 27.8. The molecule has 1 aromatic heterocycles. The fraction of sp³-hybridized carbons (Fsp3) is 0.583. The Kier molecular flexibility index (Phi) is 3.71. The van der Waals surface area contributed by atoms with Crippen LogP contribution in [0.3, 0.4) is 0 Å². The molecule has 0 bridgehead atoms. The molecule has 0 radical (unpaired) electrons. The highest BCUT2D eigenvalue weighted by molar-refractivity contribution is 6.29. The maximum atomic E-state index is 11.9. The van der Waals surface area contributed by atoms with Crippen molar-refractivity contribution in [3.63, 3.8) is 0 Å². The summed E-state index contributed by atoms with van der Waals surface area (Å²) in [5.74, 6) is 0.716. The molecule has 0 aliphatic heterocycles. The second kappa shape index (κ2) is 5.10. The first kappa shape index (κ1) is 13.1. The Morgan fingerprint density at radius 1 is 1.61 bits per heavy atom. The molecule has 1 heterocycles. The van der Waals surface area contributed by atoms with Gasteiger partial charge in [-0.1, -0.05) is 11.6 Å². The average Bonchev–Trinajstić information content (AvgIpc) is 3.04. The third-order valence-electron chi connectivity index (χ3n) is 2.70. The number of carbonyl (C=O) groups excluding carboxylic acids is 1. The molecule has 0 unspecified atom stereocenters. The number of halogens is 1. The lowest BCUT2D eigenvalue weighted by atomic mass is 10.3. The number of carbonyl (C=O) groups is 1. The van der Waals surface area contributed by atoms with Crippen molar-refractivity contribution in [1.29, 1.82) is 0 Å². The van der Waals surface area contributed by atoms with Crippen molar-refractivity contribution in [2.24, 2.45) is 0 Å². The van der Waals surface area contributed by atoms with Crippen molar-refractivity contribution < 1.29 is 4.79 Å². The van der Waals surface area contributed by atoms with Crippen LogP contribution in [0.2, 0.25) is 5.15 Å². The van der Waals surface area contributed by atoms with Gasteiger partial charge in [0.1, 0.15) is 17.5 Å². The summed E-state index contributed by atoms with van der Waals surface area (Å²) < 4.78 is 1.42. The molecule has 18 heavy (non-hydrogen) atoms. The summed E-state index contributed by atoms with van der Waals surface area (Å²) in [5, 5.41) is 2.96. The number of nitrogens with zero attached hydrogens (tertiary/aromatic N) is 2. The predicted molar refractivity (Wildman–Crippen MR) is 68.8 cm³/mol. The molecule has 1 aliphatic rings. The topological polar surface area (TPSA) is 64.0 Å². The second-order valence-electron chi connectivity index (χ2n) is 4.86. The summed E-state index contributed by atoms with van der Waals surface area (Å²) in [7, 11) is 0. The molecule has 0 spiro atoms. The van der Waals surface area contributed by atoms with E-state index in [4.69, 9.17) is 11.6 Å². The van der Waals surface area contributed by atoms with Crippen LogP contribution >= 0.6 is 11.6 Å². The Labute approximate surface area is 110 Å². The van der Waals surface area contributed by atoms with Gasteiger partial charge < -0.3 is 5.32 Å². The van der Waals surface area contributed by atoms with Crippen LogP contribution in [-0.2, 0) is 11.3 Å². The predicted octanol–water partition coefficient (Wildman–Crippen LogP) is 1.30. The maximum absolute atomic E-state index is 11.9. The van der Waals surface area contributed by atoms with Gasteiger partial charge in [-0.3, -0.25) is 14.2 Å². The Balaban J connectivity index is 2.26. The Bertz CT molecular complexity index is 521. The number of aromatic nitrogens is 2. The SMILES string of the molecule is CC(C)NC(=O)Cn1c(C2CC2)nc(Cl)cc1=O. The van der Waals surface area contributed by atoms with E-state index >= 15 is 0 Å². The van der Waals surface area contributed by atoms with Crippen molar-refractivity contribution >= 4 is 17.5 Å². The van der Waals surface area contributed by atoms with Crippen LogP contribution in [0.25, 0.3) is 0 Å². The summed E-state index contributed by atoms with van der Waals surface area (Å²) in [5.41, 5.74) is -0.268. The second-order valence-corrected chi connectivity index (χ2v) is 5.25. The van der Waals surface area contributed by atoms with Crippen LogP contribution in [0, 0.1) is 0 Å². The number of nitrogens with one attached hydrogen (secondary N) is 1. The largest absolute Gasteiger partial charge is 0.352 e. The van der Waals surface area contributed by atoms with Crippen molar-refractivity contribution in [3.05, 3.63) is 27.4 Å². The summed E-state index contributed by atoms with van der Waals surface area (Å²) >= 11 is 5.79. The normalized spacial score (nSPS) is 14.9. The highest BCUT2D eigenvalue weighted by Crippen LogP contribution is 2.38. The minimum atomic E-state index is -0.268. The van der Waals surface area contributed by atoms with Gasteiger partial charge in [-0.2, -0.15) is 0 Å². The highest BCUT2D eigenvalue weighted by atomic mass is 35.5. The summed E-state index contributed by atoms with van der Waals surface area (Å²) in [6.07, 6.45) is 2.00. The first-order chi connectivity index (χ1) is 8.47. The van der Waals surface area contributed by atoms with Crippen LogP contribution < -0.4 is 10.9 Å². The molecule has 2 rings (SSSR count). The average molecular weight is 270 g/mol. The molecule has 1 fully saturated rings. The molecule has 6 heteroatoms. The number of amides is 1. The van der Waals surface area contributed by atoms with E-state index in [9.17, 15) is 9.59 Å². The van der Waals surface area contributed by atoms with Gasteiger partial charge in [0.25, 0.3) is 5.56 Å². The van der Waals surface area contributed by atoms with Gasteiger partial charge in [0, 0.05) is 18.0 Å². The van der Waals surface area contributed by atoms with Crippen LogP contribution in [0.4, 0.5) is 0 Å². The molecule has 0 atom stereocenters. The fourth-order valence-electron chi connectivity index (χ4n) is 1.82. The summed E-state index contributed by atoms with van der Waals surface area (Å²) in [6, 6.07) is 1.30. The zero-order valence-electron chi connectivity index (χ0n) is 10.4.